The fourth-order valence-electron chi connectivity index (χ4n) is 2.58. The Morgan fingerprint density at radius 1 is 1.30 bits per heavy atom. The van der Waals surface area contributed by atoms with Gasteiger partial charge in [-0.3, -0.25) is 9.59 Å². The summed E-state index contributed by atoms with van der Waals surface area (Å²) in [6, 6.07) is 5.74. The first-order chi connectivity index (χ1) is 11.0. The number of hydrogen-bond acceptors (Lipinski definition) is 4. The van der Waals surface area contributed by atoms with Gasteiger partial charge in [0.25, 0.3) is 5.91 Å². The van der Waals surface area contributed by atoms with E-state index in [0.29, 0.717) is 38.3 Å². The SMILES string of the molecule is CCOC(=O)C1CCN(C(=O)COc2ccc(C)cc2Br)CC1. The average molecular weight is 384 g/mol. The summed E-state index contributed by atoms with van der Waals surface area (Å²) in [7, 11) is 0. The summed E-state index contributed by atoms with van der Waals surface area (Å²) < 4.78 is 11.5. The second kappa shape index (κ2) is 8.34. The molecule has 0 radical (unpaired) electrons. The summed E-state index contributed by atoms with van der Waals surface area (Å²) >= 11 is 3.43. The molecule has 2 rings (SSSR count). The van der Waals surface area contributed by atoms with Gasteiger partial charge in [-0.15, -0.1) is 0 Å². The quantitative estimate of drug-likeness (QED) is 0.733. The molecule has 6 heteroatoms. The Balaban J connectivity index is 1.80. The number of aryl methyl sites for hydroxylation is 1. The van der Waals surface area contributed by atoms with Gasteiger partial charge in [-0.05, 0) is 60.3 Å². The van der Waals surface area contributed by atoms with E-state index < -0.39 is 0 Å². The topological polar surface area (TPSA) is 55.8 Å². The van der Waals surface area contributed by atoms with E-state index in [4.69, 9.17) is 9.47 Å². The lowest BCUT2D eigenvalue weighted by Gasteiger charge is -2.30. The van der Waals surface area contributed by atoms with Crippen LogP contribution in [-0.2, 0) is 14.3 Å². The highest BCUT2D eigenvalue weighted by atomic mass is 79.9. The third kappa shape index (κ3) is 4.96. The number of esters is 1. The molecular formula is C17H22BrNO4. The van der Waals surface area contributed by atoms with Crippen molar-refractivity contribution in [1.82, 2.24) is 4.90 Å². The predicted molar refractivity (Wildman–Crippen MR) is 90.3 cm³/mol. The van der Waals surface area contributed by atoms with E-state index in [1.165, 1.54) is 0 Å². The van der Waals surface area contributed by atoms with Crippen LogP contribution in [0.25, 0.3) is 0 Å². The molecule has 1 fully saturated rings. The maximum Gasteiger partial charge on any atom is 0.309 e. The zero-order chi connectivity index (χ0) is 16.8. The van der Waals surface area contributed by atoms with Crippen LogP contribution in [0.4, 0.5) is 0 Å². The van der Waals surface area contributed by atoms with Crippen molar-refractivity contribution in [3.63, 3.8) is 0 Å². The van der Waals surface area contributed by atoms with E-state index in [9.17, 15) is 9.59 Å². The molecule has 5 nitrogen and oxygen atoms in total. The largest absolute Gasteiger partial charge is 0.483 e. The maximum atomic E-state index is 12.2. The van der Waals surface area contributed by atoms with E-state index in [-0.39, 0.29) is 24.4 Å². The van der Waals surface area contributed by atoms with Crippen LogP contribution in [-0.4, -0.2) is 43.1 Å². The van der Waals surface area contributed by atoms with Crippen LogP contribution in [0.3, 0.4) is 0 Å². The summed E-state index contributed by atoms with van der Waals surface area (Å²) in [5.41, 5.74) is 1.12. The van der Waals surface area contributed by atoms with Crippen LogP contribution in [0.2, 0.25) is 0 Å². The Kier molecular flexibility index (Phi) is 6.45. The van der Waals surface area contributed by atoms with Crippen molar-refractivity contribution >= 4 is 27.8 Å². The first kappa shape index (κ1) is 17.8. The smallest absolute Gasteiger partial charge is 0.309 e. The third-order valence-electron chi connectivity index (χ3n) is 3.91. The second-order valence-corrected chi connectivity index (χ2v) is 6.48. The lowest BCUT2D eigenvalue weighted by Crippen LogP contribution is -2.42. The van der Waals surface area contributed by atoms with Crippen LogP contribution < -0.4 is 4.74 Å². The Bertz CT molecular complexity index is 568. The van der Waals surface area contributed by atoms with Crippen LogP contribution >= 0.6 is 15.9 Å². The minimum atomic E-state index is -0.153. The van der Waals surface area contributed by atoms with Crippen LogP contribution in [0.1, 0.15) is 25.3 Å². The van der Waals surface area contributed by atoms with E-state index >= 15 is 0 Å². The maximum absolute atomic E-state index is 12.2. The molecular weight excluding hydrogens is 362 g/mol. The van der Waals surface area contributed by atoms with Crippen LogP contribution in [0, 0.1) is 12.8 Å². The highest BCUT2D eigenvalue weighted by molar-refractivity contribution is 9.10. The molecule has 1 saturated heterocycles. The number of carbonyl (C=O) groups excluding carboxylic acids is 2. The molecule has 0 aromatic heterocycles. The molecule has 0 unspecified atom stereocenters. The van der Waals surface area contributed by atoms with Gasteiger partial charge in [0.1, 0.15) is 5.75 Å². The molecule has 1 aromatic carbocycles. The monoisotopic (exact) mass is 383 g/mol. The molecule has 1 aromatic rings. The van der Waals surface area contributed by atoms with Gasteiger partial charge >= 0.3 is 5.97 Å². The van der Waals surface area contributed by atoms with E-state index in [2.05, 4.69) is 15.9 Å². The zero-order valence-electron chi connectivity index (χ0n) is 13.5. The molecule has 1 aliphatic rings. The number of benzene rings is 1. The molecule has 0 saturated carbocycles. The Labute approximate surface area is 145 Å². The molecule has 1 heterocycles. The van der Waals surface area contributed by atoms with Gasteiger partial charge < -0.3 is 14.4 Å². The summed E-state index contributed by atoms with van der Waals surface area (Å²) in [6.45, 7) is 5.34. The van der Waals surface area contributed by atoms with E-state index in [1.807, 2.05) is 25.1 Å². The fourth-order valence-corrected chi connectivity index (χ4v) is 3.19. The first-order valence-electron chi connectivity index (χ1n) is 7.84. The number of nitrogens with zero attached hydrogens (tertiary/aromatic N) is 1. The van der Waals surface area contributed by atoms with Gasteiger partial charge in [0.05, 0.1) is 17.0 Å². The van der Waals surface area contributed by atoms with Gasteiger partial charge in [-0.2, -0.15) is 0 Å². The van der Waals surface area contributed by atoms with Crippen molar-refractivity contribution in [1.29, 1.82) is 0 Å². The van der Waals surface area contributed by atoms with Crippen molar-refractivity contribution in [2.45, 2.75) is 26.7 Å². The van der Waals surface area contributed by atoms with Gasteiger partial charge in [-0.1, -0.05) is 6.07 Å². The number of amides is 1. The number of likely N-dealkylation sites (tertiary alicyclic amines) is 1. The normalized spacial score (nSPS) is 15.3. The summed E-state index contributed by atoms with van der Waals surface area (Å²) in [6.07, 6.45) is 1.30. The van der Waals surface area contributed by atoms with E-state index in [1.54, 1.807) is 11.8 Å². The summed E-state index contributed by atoms with van der Waals surface area (Å²) in [4.78, 5) is 25.7. The Morgan fingerprint density at radius 3 is 2.61 bits per heavy atom. The molecule has 126 valence electrons. The molecule has 0 spiro atoms. The Morgan fingerprint density at radius 2 is 2.00 bits per heavy atom. The molecule has 23 heavy (non-hydrogen) atoms. The number of rotatable bonds is 5. The van der Waals surface area contributed by atoms with Crippen molar-refractivity contribution in [3.05, 3.63) is 28.2 Å². The second-order valence-electron chi connectivity index (χ2n) is 5.63. The predicted octanol–water partition coefficient (Wildman–Crippen LogP) is 2.94. The fraction of sp³-hybridized carbons (Fsp3) is 0.529. The lowest BCUT2D eigenvalue weighted by molar-refractivity contribution is -0.151. The minimum absolute atomic E-state index is 0.00569. The van der Waals surface area contributed by atoms with Crippen LogP contribution in [0.5, 0.6) is 5.75 Å². The van der Waals surface area contributed by atoms with E-state index in [0.717, 1.165) is 10.0 Å². The molecule has 0 aliphatic carbocycles. The minimum Gasteiger partial charge on any atom is -0.483 e. The number of piperidine rings is 1. The van der Waals surface area contributed by atoms with Crippen molar-refractivity contribution in [2.24, 2.45) is 5.92 Å². The van der Waals surface area contributed by atoms with Gasteiger partial charge in [-0.25, -0.2) is 0 Å². The van der Waals surface area contributed by atoms with Crippen molar-refractivity contribution in [2.75, 3.05) is 26.3 Å². The first-order valence-corrected chi connectivity index (χ1v) is 8.64. The van der Waals surface area contributed by atoms with Gasteiger partial charge in [0.2, 0.25) is 0 Å². The third-order valence-corrected chi connectivity index (χ3v) is 4.53. The highest BCUT2D eigenvalue weighted by Crippen LogP contribution is 2.26. The molecule has 0 bridgehead atoms. The number of ether oxygens (including phenoxy) is 2. The number of hydrogen-bond donors (Lipinski definition) is 0. The number of halogens is 1. The summed E-state index contributed by atoms with van der Waals surface area (Å²) in [5, 5.41) is 0. The molecule has 0 atom stereocenters. The lowest BCUT2D eigenvalue weighted by atomic mass is 9.97. The van der Waals surface area contributed by atoms with Crippen LogP contribution in [0.15, 0.2) is 22.7 Å². The van der Waals surface area contributed by atoms with Gasteiger partial charge in [0, 0.05) is 13.1 Å². The Hall–Kier alpha value is -1.56. The zero-order valence-corrected chi connectivity index (χ0v) is 15.1. The summed E-state index contributed by atoms with van der Waals surface area (Å²) in [5.74, 6) is 0.357. The standard InChI is InChI=1S/C17H22BrNO4/c1-3-22-17(21)13-6-8-19(9-7-13)16(20)11-23-15-5-4-12(2)10-14(15)18/h4-5,10,13H,3,6-9,11H2,1-2H3. The highest BCUT2D eigenvalue weighted by Gasteiger charge is 2.28. The average Bonchev–Trinajstić information content (AvgIpc) is 2.54. The number of carbonyl (C=O) groups is 2. The van der Waals surface area contributed by atoms with Crippen molar-refractivity contribution in [3.8, 4) is 5.75 Å². The van der Waals surface area contributed by atoms with Crippen molar-refractivity contribution < 1.29 is 19.1 Å². The molecule has 1 aliphatic heterocycles. The molecule has 0 N–H and O–H groups in total. The molecule has 1 amide bonds. The van der Waals surface area contributed by atoms with Gasteiger partial charge in [0.15, 0.2) is 6.61 Å².